The molecule has 32 heavy (non-hydrogen) atoms. The van der Waals surface area contributed by atoms with Crippen molar-refractivity contribution in [3.63, 3.8) is 0 Å². The van der Waals surface area contributed by atoms with Crippen LogP contribution in [0.4, 0.5) is 11.4 Å². The maximum absolute atomic E-state index is 10.7. The van der Waals surface area contributed by atoms with E-state index < -0.39 is 0 Å². The quantitative estimate of drug-likeness (QED) is 0.459. The number of benzene rings is 2. The molecule has 0 unspecified atom stereocenters. The molecule has 5 nitrogen and oxygen atoms in total. The summed E-state index contributed by atoms with van der Waals surface area (Å²) in [5.74, 6) is 0.452. The molecule has 0 aliphatic heterocycles. The van der Waals surface area contributed by atoms with E-state index in [2.05, 4.69) is 56.5 Å². The monoisotopic (exact) mass is 429 g/mol. The molecule has 0 aliphatic rings. The van der Waals surface area contributed by atoms with Gasteiger partial charge in [-0.3, -0.25) is 15.0 Å². The van der Waals surface area contributed by atoms with Crippen LogP contribution < -0.4 is 0 Å². The van der Waals surface area contributed by atoms with Gasteiger partial charge in [0.1, 0.15) is 17.2 Å². The van der Waals surface area contributed by atoms with Crippen LogP contribution in [0.5, 0.6) is 11.5 Å². The van der Waals surface area contributed by atoms with E-state index in [1.807, 2.05) is 36.4 Å². The maximum Gasteiger partial charge on any atom is 0.128 e. The number of aromatic hydroxyl groups is 2. The molecule has 0 amide bonds. The lowest BCUT2D eigenvalue weighted by molar-refractivity contribution is 0.445. The fourth-order valence-corrected chi connectivity index (χ4v) is 3.41. The number of aromatic nitrogens is 1. The number of nitrogens with zero attached hydrogens (tertiary/aromatic N) is 3. The van der Waals surface area contributed by atoms with Crippen LogP contribution >= 0.6 is 0 Å². The number of hydrogen-bond donors (Lipinski definition) is 2. The summed E-state index contributed by atoms with van der Waals surface area (Å²) in [5.41, 5.74) is 3.82. The predicted molar refractivity (Wildman–Crippen MR) is 132 cm³/mol. The number of hydrogen-bond acceptors (Lipinski definition) is 5. The average molecular weight is 430 g/mol. The smallest absolute Gasteiger partial charge is 0.128 e. The highest BCUT2D eigenvalue weighted by Gasteiger charge is 2.20. The Morgan fingerprint density at radius 1 is 0.688 bits per heavy atom. The van der Waals surface area contributed by atoms with E-state index in [0.717, 1.165) is 11.1 Å². The second kappa shape index (κ2) is 8.95. The number of para-hydroxylation sites is 2. The second-order valence-electron chi connectivity index (χ2n) is 9.87. The first-order chi connectivity index (χ1) is 15.0. The summed E-state index contributed by atoms with van der Waals surface area (Å²) in [6.07, 6.45) is 6.53. The van der Waals surface area contributed by atoms with E-state index in [9.17, 15) is 10.2 Å². The Morgan fingerprint density at radius 2 is 1.16 bits per heavy atom. The Morgan fingerprint density at radius 3 is 1.62 bits per heavy atom. The first-order valence-corrected chi connectivity index (χ1v) is 10.7. The highest BCUT2D eigenvalue weighted by atomic mass is 16.3. The normalized spacial score (nSPS) is 12.7. The molecule has 0 fully saturated rings. The first-order valence-electron chi connectivity index (χ1n) is 10.7. The lowest BCUT2D eigenvalue weighted by atomic mass is 9.85. The third-order valence-corrected chi connectivity index (χ3v) is 5.21. The Hall–Kier alpha value is -3.47. The van der Waals surface area contributed by atoms with Gasteiger partial charge in [0.15, 0.2) is 0 Å². The van der Waals surface area contributed by atoms with E-state index in [1.54, 1.807) is 30.9 Å². The molecule has 3 aromatic rings. The second-order valence-corrected chi connectivity index (χ2v) is 9.87. The lowest BCUT2D eigenvalue weighted by Crippen LogP contribution is -2.11. The van der Waals surface area contributed by atoms with Crippen molar-refractivity contribution in [3.05, 3.63) is 77.1 Å². The van der Waals surface area contributed by atoms with Gasteiger partial charge in [-0.1, -0.05) is 65.8 Å². The van der Waals surface area contributed by atoms with Crippen molar-refractivity contribution in [3.8, 4) is 11.5 Å². The minimum atomic E-state index is -0.179. The van der Waals surface area contributed by atoms with E-state index in [-0.39, 0.29) is 22.3 Å². The molecule has 0 bridgehead atoms. The molecule has 166 valence electrons. The number of phenolic OH excluding ortho intramolecular Hbond substituents is 2. The van der Waals surface area contributed by atoms with Crippen molar-refractivity contribution in [1.82, 2.24) is 4.98 Å². The van der Waals surface area contributed by atoms with Gasteiger partial charge in [0.25, 0.3) is 0 Å². The largest absolute Gasteiger partial charge is 0.507 e. The summed E-state index contributed by atoms with van der Waals surface area (Å²) in [5, 5.41) is 21.4. The average Bonchev–Trinajstić information content (AvgIpc) is 2.71. The van der Waals surface area contributed by atoms with Gasteiger partial charge in [-0.15, -0.1) is 0 Å². The molecule has 0 atom stereocenters. The molecule has 2 N–H and O–H groups in total. The van der Waals surface area contributed by atoms with Crippen molar-refractivity contribution >= 4 is 23.8 Å². The SMILES string of the molecule is CC(C)(C)c1cccc(C=Nc2ccncc2N=Cc2cccc(C(C)(C)C)c2O)c1O. The van der Waals surface area contributed by atoms with Gasteiger partial charge in [0, 0.05) is 29.8 Å². The van der Waals surface area contributed by atoms with Gasteiger partial charge in [-0.25, -0.2) is 0 Å². The summed E-state index contributed by atoms with van der Waals surface area (Å²) in [7, 11) is 0. The molecule has 0 saturated carbocycles. The molecule has 0 aliphatic carbocycles. The third-order valence-electron chi connectivity index (χ3n) is 5.21. The zero-order valence-electron chi connectivity index (χ0n) is 19.6. The van der Waals surface area contributed by atoms with Crippen LogP contribution in [-0.2, 0) is 10.8 Å². The van der Waals surface area contributed by atoms with Gasteiger partial charge >= 0.3 is 0 Å². The van der Waals surface area contributed by atoms with Crippen LogP contribution in [-0.4, -0.2) is 27.6 Å². The molecule has 5 heteroatoms. The summed E-state index contributed by atoms with van der Waals surface area (Å²) in [6, 6.07) is 13.1. The molecular formula is C27H31N3O2. The Balaban J connectivity index is 1.94. The van der Waals surface area contributed by atoms with Gasteiger partial charge in [-0.2, -0.15) is 0 Å². The summed E-state index contributed by atoms with van der Waals surface area (Å²) < 4.78 is 0. The van der Waals surface area contributed by atoms with E-state index >= 15 is 0 Å². The summed E-state index contributed by atoms with van der Waals surface area (Å²) >= 11 is 0. The number of aliphatic imine (C=N–C) groups is 2. The van der Waals surface area contributed by atoms with Crippen LogP contribution in [0.15, 0.2) is 64.8 Å². The van der Waals surface area contributed by atoms with Crippen LogP contribution in [0.2, 0.25) is 0 Å². The van der Waals surface area contributed by atoms with E-state index in [4.69, 9.17) is 0 Å². The Kier molecular flexibility index (Phi) is 6.49. The van der Waals surface area contributed by atoms with Crippen molar-refractivity contribution in [1.29, 1.82) is 0 Å². The van der Waals surface area contributed by atoms with Crippen LogP contribution in [0, 0.1) is 0 Å². The zero-order valence-corrected chi connectivity index (χ0v) is 19.6. The van der Waals surface area contributed by atoms with Crippen LogP contribution in [0.3, 0.4) is 0 Å². The highest BCUT2D eigenvalue weighted by Crippen LogP contribution is 2.34. The van der Waals surface area contributed by atoms with Gasteiger partial charge in [0.2, 0.25) is 0 Å². The van der Waals surface area contributed by atoms with Crippen molar-refractivity contribution in [2.24, 2.45) is 9.98 Å². The minimum Gasteiger partial charge on any atom is -0.507 e. The lowest BCUT2D eigenvalue weighted by Gasteiger charge is -2.21. The molecule has 0 saturated heterocycles. The molecule has 0 radical (unpaired) electrons. The van der Waals surface area contributed by atoms with Gasteiger partial charge in [0.05, 0.1) is 11.9 Å². The summed E-state index contributed by atoms with van der Waals surface area (Å²) in [6.45, 7) is 12.3. The topological polar surface area (TPSA) is 78.1 Å². The van der Waals surface area contributed by atoms with Crippen molar-refractivity contribution in [2.75, 3.05) is 0 Å². The number of pyridine rings is 1. The molecule has 1 heterocycles. The van der Waals surface area contributed by atoms with Crippen molar-refractivity contribution < 1.29 is 10.2 Å². The van der Waals surface area contributed by atoms with Gasteiger partial charge in [-0.05, 0) is 40.2 Å². The third kappa shape index (κ3) is 5.22. The Bertz CT molecular complexity index is 1070. The highest BCUT2D eigenvalue weighted by molar-refractivity contribution is 5.90. The maximum atomic E-state index is 10.7. The van der Waals surface area contributed by atoms with E-state index in [1.165, 1.54) is 0 Å². The molecule has 3 rings (SSSR count). The molecular weight excluding hydrogens is 398 g/mol. The Labute approximate surface area is 190 Å². The van der Waals surface area contributed by atoms with Crippen molar-refractivity contribution in [2.45, 2.75) is 52.4 Å². The molecule has 0 spiro atoms. The van der Waals surface area contributed by atoms with E-state index in [0.29, 0.717) is 22.5 Å². The fraction of sp³-hybridized carbons (Fsp3) is 0.296. The zero-order chi connectivity index (χ0) is 23.5. The predicted octanol–water partition coefficient (Wildman–Crippen LogP) is 6.59. The first kappa shape index (κ1) is 23.2. The summed E-state index contributed by atoms with van der Waals surface area (Å²) in [4.78, 5) is 13.2. The number of phenols is 2. The minimum absolute atomic E-state index is 0.177. The standard InChI is InChI=1S/C27H31N3O2/c1-26(2,3)20-11-7-9-18(24(20)31)15-29-22-13-14-28-17-23(22)30-16-19-10-8-12-21(25(19)32)27(4,5)6/h7-17,31-32H,1-6H3. The number of rotatable bonds is 4. The van der Waals surface area contributed by atoms with Crippen LogP contribution in [0.25, 0.3) is 0 Å². The molecule has 2 aromatic carbocycles. The molecule has 1 aromatic heterocycles. The van der Waals surface area contributed by atoms with Gasteiger partial charge < -0.3 is 10.2 Å². The fourth-order valence-electron chi connectivity index (χ4n) is 3.41. The van der Waals surface area contributed by atoms with Crippen LogP contribution in [0.1, 0.15) is 63.8 Å².